The summed E-state index contributed by atoms with van der Waals surface area (Å²) in [6, 6.07) is 0. The van der Waals surface area contributed by atoms with Crippen LogP contribution >= 0.6 is 0 Å². The lowest BCUT2D eigenvalue weighted by Gasteiger charge is -2.31. The van der Waals surface area contributed by atoms with Gasteiger partial charge in [0.25, 0.3) is 6.43 Å². The summed E-state index contributed by atoms with van der Waals surface area (Å²) in [5, 5.41) is 29.3. The van der Waals surface area contributed by atoms with Crippen molar-refractivity contribution >= 4 is 17.3 Å². The van der Waals surface area contributed by atoms with Gasteiger partial charge in [0.05, 0.1) is 17.4 Å². The number of nitro groups is 1. The molecule has 2 atom stereocenters. The normalized spacial score (nSPS) is 21.6. The van der Waals surface area contributed by atoms with Crippen LogP contribution in [-0.2, 0) is 11.3 Å². The Hall–Kier alpha value is -2.43. The lowest BCUT2D eigenvalue weighted by atomic mass is 10.1. The number of hydrazone groups is 1. The number of carbonyl (C=O) groups excluding carboxylic acids is 1. The fourth-order valence-corrected chi connectivity index (χ4v) is 2.83. The van der Waals surface area contributed by atoms with Crippen molar-refractivity contribution < 1.29 is 23.6 Å². The number of hydrogen-bond acceptors (Lipinski definition) is 6. The Labute approximate surface area is 142 Å². The fraction of sp³-hybridized carbons (Fsp3) is 0.643. The van der Waals surface area contributed by atoms with E-state index in [4.69, 9.17) is 0 Å². The number of alkyl halides is 2. The third-order valence-electron chi connectivity index (χ3n) is 4.11. The number of carbonyl (C=O) groups is 1. The molecule has 0 saturated carbocycles. The monoisotopic (exact) mass is 359 g/mol. The van der Waals surface area contributed by atoms with E-state index in [9.17, 15) is 28.8 Å². The average molecular weight is 359 g/mol. The lowest BCUT2D eigenvalue weighted by Crippen LogP contribution is -2.53. The number of hydrogen-bond donors (Lipinski definition) is 1. The largest absolute Gasteiger partial charge is 0.364 e. The van der Waals surface area contributed by atoms with Crippen molar-refractivity contribution in [3.63, 3.8) is 0 Å². The Morgan fingerprint density at radius 2 is 2.04 bits per heavy atom. The maximum Gasteiger partial charge on any atom is 0.312 e. The van der Waals surface area contributed by atoms with Crippen molar-refractivity contribution in [2.24, 2.45) is 11.0 Å². The Morgan fingerprint density at radius 3 is 2.52 bits per heavy atom. The topological polar surface area (TPSA) is 114 Å². The summed E-state index contributed by atoms with van der Waals surface area (Å²) < 4.78 is 27.7. The minimum atomic E-state index is -3.18. The molecule has 2 heterocycles. The molecular formula is C14H19F2N5O4. The first-order chi connectivity index (χ1) is 11.5. The molecule has 1 aromatic heterocycles. The van der Waals surface area contributed by atoms with Gasteiger partial charge in [-0.3, -0.25) is 19.6 Å². The van der Waals surface area contributed by atoms with Gasteiger partial charge in [-0.05, 0) is 20.8 Å². The molecule has 1 aromatic rings. The van der Waals surface area contributed by atoms with Gasteiger partial charge < -0.3 is 5.11 Å². The van der Waals surface area contributed by atoms with Crippen LogP contribution in [0.4, 0.5) is 14.5 Å². The Balaban J connectivity index is 2.24. The molecule has 9 nitrogen and oxygen atoms in total. The van der Waals surface area contributed by atoms with E-state index in [1.165, 1.54) is 32.4 Å². The van der Waals surface area contributed by atoms with E-state index in [-0.39, 0.29) is 29.3 Å². The number of rotatable bonds is 5. The molecule has 2 rings (SSSR count). The summed E-state index contributed by atoms with van der Waals surface area (Å²) in [6.45, 7) is 5.79. The van der Waals surface area contributed by atoms with E-state index in [1.807, 2.05) is 0 Å². The minimum Gasteiger partial charge on any atom is -0.364 e. The first-order valence-corrected chi connectivity index (χ1v) is 7.56. The van der Waals surface area contributed by atoms with E-state index < -0.39 is 35.3 Å². The first kappa shape index (κ1) is 18.9. The van der Waals surface area contributed by atoms with Gasteiger partial charge in [0.2, 0.25) is 11.6 Å². The fourth-order valence-electron chi connectivity index (χ4n) is 2.83. The third-order valence-corrected chi connectivity index (χ3v) is 4.11. The molecule has 1 aliphatic heterocycles. The number of aromatic nitrogens is 2. The highest BCUT2D eigenvalue weighted by Gasteiger charge is 2.51. The van der Waals surface area contributed by atoms with E-state index >= 15 is 0 Å². The van der Waals surface area contributed by atoms with Crippen molar-refractivity contribution in [3.05, 3.63) is 21.5 Å². The van der Waals surface area contributed by atoms with Crippen molar-refractivity contribution in [3.8, 4) is 0 Å². The van der Waals surface area contributed by atoms with Gasteiger partial charge in [-0.15, -0.1) is 0 Å². The summed E-state index contributed by atoms with van der Waals surface area (Å²) in [5.41, 5.74) is -2.16. The lowest BCUT2D eigenvalue weighted by molar-refractivity contribution is -0.386. The van der Waals surface area contributed by atoms with Gasteiger partial charge in [-0.25, -0.2) is 8.78 Å². The van der Waals surface area contributed by atoms with Gasteiger partial charge in [-0.1, -0.05) is 6.92 Å². The molecule has 0 bridgehead atoms. The molecule has 138 valence electrons. The van der Waals surface area contributed by atoms with Crippen LogP contribution in [0.2, 0.25) is 0 Å². The minimum absolute atomic E-state index is 0.0657. The van der Waals surface area contributed by atoms with Crippen LogP contribution in [0.1, 0.15) is 31.7 Å². The van der Waals surface area contributed by atoms with E-state index in [0.717, 1.165) is 0 Å². The van der Waals surface area contributed by atoms with Crippen LogP contribution in [0.15, 0.2) is 5.10 Å². The molecule has 1 amide bonds. The van der Waals surface area contributed by atoms with Crippen molar-refractivity contribution in [1.82, 2.24) is 14.8 Å². The number of aryl methyl sites for hydroxylation is 1. The third kappa shape index (κ3) is 3.23. The Bertz CT molecular complexity index is 748. The zero-order valence-electron chi connectivity index (χ0n) is 14.2. The molecule has 11 heteroatoms. The molecule has 0 unspecified atom stereocenters. The highest BCUT2D eigenvalue weighted by atomic mass is 19.3. The predicted octanol–water partition coefficient (Wildman–Crippen LogP) is 1.61. The number of halogens is 2. The van der Waals surface area contributed by atoms with E-state index in [2.05, 4.69) is 10.2 Å². The van der Waals surface area contributed by atoms with Crippen LogP contribution in [-0.4, -0.2) is 48.6 Å². The van der Waals surface area contributed by atoms with Crippen LogP contribution < -0.4 is 0 Å². The maximum atomic E-state index is 13.2. The quantitative estimate of drug-likeness (QED) is 0.634. The smallest absolute Gasteiger partial charge is 0.312 e. The van der Waals surface area contributed by atoms with Crippen molar-refractivity contribution in [1.29, 1.82) is 0 Å². The predicted molar refractivity (Wildman–Crippen MR) is 83.0 cm³/mol. The molecule has 0 radical (unpaired) electrons. The standard InChI is InChI=1S/C14H19F2N5O4/c1-7(6-19-10(4)11(21(24)25)9(3)18-19)12(22)20-14(23,13(15)16)5-8(2)17-20/h7,13,23H,5-6H2,1-4H3/t7-,14+/m1/s1. The van der Waals surface area contributed by atoms with Crippen LogP contribution in [0.5, 0.6) is 0 Å². The summed E-state index contributed by atoms with van der Waals surface area (Å²) in [7, 11) is 0. The Morgan fingerprint density at radius 1 is 1.44 bits per heavy atom. The molecule has 1 aliphatic rings. The zero-order chi connectivity index (χ0) is 19.1. The Kier molecular flexibility index (Phi) is 4.89. The van der Waals surface area contributed by atoms with Crippen molar-refractivity contribution in [2.45, 2.75) is 52.8 Å². The summed E-state index contributed by atoms with van der Waals surface area (Å²) >= 11 is 0. The molecule has 0 aliphatic carbocycles. The van der Waals surface area contributed by atoms with Gasteiger partial charge in [0.1, 0.15) is 11.4 Å². The molecule has 25 heavy (non-hydrogen) atoms. The molecule has 0 aromatic carbocycles. The number of nitrogens with zero attached hydrogens (tertiary/aromatic N) is 5. The highest BCUT2D eigenvalue weighted by molar-refractivity contribution is 5.89. The SMILES string of the molecule is CC1=NN(C(=O)[C@H](C)Cn2nc(C)c([N+](=O)[O-])c2C)[C@@](O)(C(F)F)C1. The van der Waals surface area contributed by atoms with Gasteiger partial charge in [0.15, 0.2) is 0 Å². The first-order valence-electron chi connectivity index (χ1n) is 7.56. The second-order valence-electron chi connectivity index (χ2n) is 6.20. The molecular weight excluding hydrogens is 340 g/mol. The summed E-state index contributed by atoms with van der Waals surface area (Å²) in [6.07, 6.45) is -3.62. The number of aliphatic hydroxyl groups is 1. The van der Waals surface area contributed by atoms with Crippen LogP contribution in [0.3, 0.4) is 0 Å². The summed E-state index contributed by atoms with van der Waals surface area (Å²) in [4.78, 5) is 23.0. The number of amides is 1. The average Bonchev–Trinajstić information content (AvgIpc) is 2.95. The zero-order valence-corrected chi connectivity index (χ0v) is 14.2. The maximum absolute atomic E-state index is 13.2. The molecule has 0 spiro atoms. The van der Waals surface area contributed by atoms with E-state index in [1.54, 1.807) is 0 Å². The van der Waals surface area contributed by atoms with Gasteiger partial charge in [0, 0.05) is 12.1 Å². The van der Waals surface area contributed by atoms with Crippen LogP contribution in [0, 0.1) is 29.9 Å². The van der Waals surface area contributed by atoms with E-state index in [0.29, 0.717) is 5.01 Å². The van der Waals surface area contributed by atoms with Crippen molar-refractivity contribution in [2.75, 3.05) is 0 Å². The molecule has 0 fully saturated rings. The molecule has 0 saturated heterocycles. The second-order valence-corrected chi connectivity index (χ2v) is 6.20. The summed E-state index contributed by atoms with van der Waals surface area (Å²) in [5.74, 6) is -1.69. The van der Waals surface area contributed by atoms with Gasteiger partial charge in [-0.2, -0.15) is 15.2 Å². The van der Waals surface area contributed by atoms with Crippen LogP contribution in [0.25, 0.3) is 0 Å². The second kappa shape index (κ2) is 6.47. The van der Waals surface area contributed by atoms with Gasteiger partial charge >= 0.3 is 5.69 Å². The molecule has 1 N–H and O–H groups in total. The highest BCUT2D eigenvalue weighted by Crippen LogP contribution is 2.33.